The zero-order chi connectivity index (χ0) is 13.1. The van der Waals surface area contributed by atoms with Crippen molar-refractivity contribution in [3.8, 4) is 0 Å². The molecule has 0 aromatic carbocycles. The number of rotatable bonds is 5. The Morgan fingerprint density at radius 3 is 3.00 bits per heavy atom. The smallest absolute Gasteiger partial charge is 0.111 e. The topological polar surface area (TPSA) is 43.9 Å². The van der Waals surface area contributed by atoms with E-state index in [-0.39, 0.29) is 0 Å². The van der Waals surface area contributed by atoms with Crippen LogP contribution in [0.5, 0.6) is 0 Å². The molecule has 0 saturated heterocycles. The van der Waals surface area contributed by atoms with Crippen molar-refractivity contribution in [2.75, 3.05) is 5.88 Å². The maximum absolute atomic E-state index is 5.85. The fourth-order valence-corrected chi connectivity index (χ4v) is 2.40. The lowest BCUT2D eigenvalue weighted by atomic mass is 10.3. The third-order valence-corrected chi connectivity index (χ3v) is 3.30. The average molecular weight is 276 g/mol. The molecule has 0 unspecified atom stereocenters. The first kappa shape index (κ1) is 12.2. The van der Waals surface area contributed by atoms with Gasteiger partial charge in [-0.2, -0.15) is 0 Å². The van der Waals surface area contributed by atoms with Gasteiger partial charge in [-0.3, -0.25) is 4.98 Å². The number of alkyl halides is 1. The Morgan fingerprint density at radius 2 is 2.21 bits per heavy atom. The van der Waals surface area contributed by atoms with Crippen molar-refractivity contribution in [2.45, 2.75) is 19.4 Å². The molecule has 3 aromatic rings. The monoisotopic (exact) mass is 275 g/mol. The van der Waals surface area contributed by atoms with Crippen molar-refractivity contribution < 1.29 is 4.42 Å². The Morgan fingerprint density at radius 1 is 1.26 bits per heavy atom. The van der Waals surface area contributed by atoms with Crippen molar-refractivity contribution in [3.05, 3.63) is 48.4 Å². The number of aromatic nitrogens is 3. The quantitative estimate of drug-likeness (QED) is 0.672. The molecular weight excluding hydrogens is 262 g/mol. The first-order valence-corrected chi connectivity index (χ1v) is 6.79. The number of aryl methyl sites for hydroxylation is 3. The summed E-state index contributed by atoms with van der Waals surface area (Å²) >= 11 is 5.85. The number of hydrogen-bond donors (Lipinski definition) is 0. The van der Waals surface area contributed by atoms with Gasteiger partial charge in [0.15, 0.2) is 0 Å². The van der Waals surface area contributed by atoms with Crippen LogP contribution < -0.4 is 0 Å². The molecule has 0 fully saturated rings. The van der Waals surface area contributed by atoms with E-state index in [0.717, 1.165) is 42.0 Å². The van der Waals surface area contributed by atoms with E-state index in [2.05, 4.69) is 14.5 Å². The van der Waals surface area contributed by atoms with E-state index < -0.39 is 0 Å². The van der Waals surface area contributed by atoms with Crippen LogP contribution in [0.4, 0.5) is 0 Å². The van der Waals surface area contributed by atoms with E-state index in [0.29, 0.717) is 5.88 Å². The zero-order valence-electron chi connectivity index (χ0n) is 10.4. The van der Waals surface area contributed by atoms with E-state index >= 15 is 0 Å². The number of pyridine rings is 1. The van der Waals surface area contributed by atoms with E-state index in [1.807, 2.05) is 18.2 Å². The van der Waals surface area contributed by atoms with Gasteiger partial charge in [-0.15, -0.1) is 11.6 Å². The van der Waals surface area contributed by atoms with Gasteiger partial charge in [-0.1, -0.05) is 0 Å². The lowest BCUT2D eigenvalue weighted by Gasteiger charge is -2.07. The Hall–Kier alpha value is -1.81. The number of imidazole rings is 1. The predicted octanol–water partition coefficient (Wildman–Crippen LogP) is 3.05. The van der Waals surface area contributed by atoms with Gasteiger partial charge in [0.25, 0.3) is 0 Å². The Balaban J connectivity index is 1.92. The highest BCUT2D eigenvalue weighted by molar-refractivity contribution is 6.17. The third kappa shape index (κ3) is 2.49. The predicted molar refractivity (Wildman–Crippen MR) is 74.4 cm³/mol. The van der Waals surface area contributed by atoms with E-state index in [1.54, 1.807) is 18.7 Å². The van der Waals surface area contributed by atoms with E-state index in [4.69, 9.17) is 16.0 Å². The van der Waals surface area contributed by atoms with Crippen LogP contribution in [0.2, 0.25) is 0 Å². The maximum Gasteiger partial charge on any atom is 0.111 e. The van der Waals surface area contributed by atoms with Crippen LogP contribution in [-0.4, -0.2) is 20.4 Å². The minimum absolute atomic E-state index is 0.567. The van der Waals surface area contributed by atoms with Gasteiger partial charge in [-0.05, 0) is 18.2 Å². The lowest BCUT2D eigenvalue weighted by Crippen LogP contribution is -2.06. The van der Waals surface area contributed by atoms with Crippen molar-refractivity contribution in [3.63, 3.8) is 0 Å². The number of fused-ring (bicyclic) bond motifs is 1. The fourth-order valence-electron chi connectivity index (χ4n) is 2.23. The summed E-state index contributed by atoms with van der Waals surface area (Å²) in [5, 5.41) is 0. The molecule has 0 bridgehead atoms. The average Bonchev–Trinajstić information content (AvgIpc) is 3.04. The molecule has 0 aliphatic heterocycles. The number of nitrogens with zero attached hydrogens (tertiary/aromatic N) is 3. The van der Waals surface area contributed by atoms with Crippen molar-refractivity contribution in [2.24, 2.45) is 0 Å². The van der Waals surface area contributed by atoms with Crippen molar-refractivity contribution >= 4 is 22.6 Å². The number of hydrogen-bond acceptors (Lipinski definition) is 3. The van der Waals surface area contributed by atoms with Crippen LogP contribution in [0.15, 0.2) is 41.3 Å². The summed E-state index contributed by atoms with van der Waals surface area (Å²) in [4.78, 5) is 8.70. The minimum Gasteiger partial charge on any atom is -0.469 e. The summed E-state index contributed by atoms with van der Waals surface area (Å²) in [6.07, 6.45) is 6.88. The van der Waals surface area contributed by atoms with Gasteiger partial charge in [0.05, 0.1) is 18.0 Å². The molecule has 3 rings (SSSR count). The molecule has 0 saturated carbocycles. The number of halogens is 1. The molecule has 5 heteroatoms. The Bertz CT molecular complexity index is 660. The summed E-state index contributed by atoms with van der Waals surface area (Å²) in [6.45, 7) is 0.834. The standard InChI is InChI=1S/C14H14ClN3O/c15-6-3-14-17-12-10-16-7-4-13(12)18(14)8-5-11-2-1-9-19-11/h1-2,4,7,9-10H,3,5-6,8H2. The Kier molecular flexibility index (Phi) is 3.51. The second-order valence-corrected chi connectivity index (χ2v) is 4.69. The molecular formula is C14H14ClN3O. The van der Waals surface area contributed by atoms with Crippen molar-refractivity contribution in [1.29, 1.82) is 0 Å². The first-order valence-electron chi connectivity index (χ1n) is 6.26. The van der Waals surface area contributed by atoms with Gasteiger partial charge in [-0.25, -0.2) is 4.98 Å². The van der Waals surface area contributed by atoms with Crippen LogP contribution in [0, 0.1) is 0 Å². The second-order valence-electron chi connectivity index (χ2n) is 4.31. The molecule has 4 nitrogen and oxygen atoms in total. The van der Waals surface area contributed by atoms with Gasteiger partial charge in [0.2, 0.25) is 0 Å². The van der Waals surface area contributed by atoms with Crippen LogP contribution in [-0.2, 0) is 19.4 Å². The summed E-state index contributed by atoms with van der Waals surface area (Å²) < 4.78 is 7.57. The lowest BCUT2D eigenvalue weighted by molar-refractivity contribution is 0.490. The summed E-state index contributed by atoms with van der Waals surface area (Å²) in [7, 11) is 0. The van der Waals surface area contributed by atoms with Crippen LogP contribution in [0.3, 0.4) is 0 Å². The van der Waals surface area contributed by atoms with Crippen LogP contribution >= 0.6 is 11.6 Å². The molecule has 0 aliphatic rings. The maximum atomic E-state index is 5.85. The molecule has 0 N–H and O–H groups in total. The van der Waals surface area contributed by atoms with Gasteiger partial charge >= 0.3 is 0 Å². The highest BCUT2D eigenvalue weighted by Gasteiger charge is 2.10. The van der Waals surface area contributed by atoms with E-state index in [1.165, 1.54) is 0 Å². The minimum atomic E-state index is 0.567. The number of furan rings is 1. The molecule has 0 aliphatic carbocycles. The third-order valence-electron chi connectivity index (χ3n) is 3.11. The van der Waals surface area contributed by atoms with E-state index in [9.17, 15) is 0 Å². The molecule has 0 amide bonds. The molecule has 0 spiro atoms. The Labute approximate surface area is 116 Å². The van der Waals surface area contributed by atoms with Gasteiger partial charge in [0, 0.05) is 31.5 Å². The fraction of sp³-hybridized carbons (Fsp3) is 0.286. The first-order chi connectivity index (χ1) is 9.38. The normalized spacial score (nSPS) is 11.2. The highest BCUT2D eigenvalue weighted by Crippen LogP contribution is 2.17. The highest BCUT2D eigenvalue weighted by atomic mass is 35.5. The van der Waals surface area contributed by atoms with Crippen LogP contribution in [0.25, 0.3) is 11.0 Å². The second kappa shape index (κ2) is 5.45. The molecule has 98 valence electrons. The van der Waals surface area contributed by atoms with Gasteiger partial charge in [0.1, 0.15) is 17.1 Å². The summed E-state index contributed by atoms with van der Waals surface area (Å²) in [6, 6.07) is 5.88. The van der Waals surface area contributed by atoms with Crippen molar-refractivity contribution in [1.82, 2.24) is 14.5 Å². The summed E-state index contributed by atoms with van der Waals surface area (Å²) in [5.41, 5.74) is 2.02. The molecule has 19 heavy (non-hydrogen) atoms. The SMILES string of the molecule is ClCCc1nc2cnccc2n1CCc1ccco1. The largest absolute Gasteiger partial charge is 0.469 e. The molecule has 0 radical (unpaired) electrons. The van der Waals surface area contributed by atoms with Crippen LogP contribution in [0.1, 0.15) is 11.6 Å². The molecule has 3 aromatic heterocycles. The van der Waals surface area contributed by atoms with Gasteiger partial charge < -0.3 is 8.98 Å². The summed E-state index contributed by atoms with van der Waals surface area (Å²) in [5.74, 6) is 2.55. The molecule has 0 atom stereocenters. The molecule has 3 heterocycles. The zero-order valence-corrected chi connectivity index (χ0v) is 11.2.